The molecule has 0 aliphatic carbocycles. The molecule has 0 saturated heterocycles. The maximum Gasteiger partial charge on any atom is 0.273 e. The van der Waals surface area contributed by atoms with Crippen LogP contribution in [0.2, 0.25) is 0 Å². The van der Waals surface area contributed by atoms with Crippen LogP contribution in [0.3, 0.4) is 0 Å². The van der Waals surface area contributed by atoms with Gasteiger partial charge in [-0.25, -0.2) is 5.43 Å². The van der Waals surface area contributed by atoms with E-state index in [4.69, 9.17) is 9.47 Å². The second kappa shape index (κ2) is 10.1. The smallest absolute Gasteiger partial charge is 0.273 e. The summed E-state index contributed by atoms with van der Waals surface area (Å²) >= 11 is 0. The SMILES string of the molecule is COc1ccc(C(=O)Nc2ccccc2C(=O)NN=Cc2ccccc2C)cc1OC. The van der Waals surface area contributed by atoms with Gasteiger partial charge in [-0.15, -0.1) is 0 Å². The fourth-order valence-electron chi connectivity index (χ4n) is 2.91. The first kappa shape index (κ1) is 21.6. The fraction of sp³-hybridized carbons (Fsp3) is 0.125. The molecule has 3 aromatic carbocycles. The molecule has 0 fully saturated rings. The van der Waals surface area contributed by atoms with E-state index < -0.39 is 5.91 Å². The monoisotopic (exact) mass is 417 g/mol. The first-order valence-electron chi connectivity index (χ1n) is 9.55. The molecule has 0 aliphatic rings. The molecule has 0 radical (unpaired) electrons. The molecule has 3 rings (SSSR count). The lowest BCUT2D eigenvalue weighted by atomic mass is 10.1. The van der Waals surface area contributed by atoms with Crippen LogP contribution in [0.5, 0.6) is 11.5 Å². The van der Waals surface area contributed by atoms with Gasteiger partial charge >= 0.3 is 0 Å². The maximum absolute atomic E-state index is 12.7. The zero-order chi connectivity index (χ0) is 22.2. The minimum atomic E-state index is -0.437. The molecule has 31 heavy (non-hydrogen) atoms. The Morgan fingerprint density at radius 2 is 1.58 bits per heavy atom. The van der Waals surface area contributed by atoms with Crippen LogP contribution in [0.25, 0.3) is 0 Å². The van der Waals surface area contributed by atoms with Gasteiger partial charge in [-0.1, -0.05) is 36.4 Å². The van der Waals surface area contributed by atoms with Crippen molar-refractivity contribution in [1.82, 2.24) is 5.43 Å². The average molecular weight is 417 g/mol. The molecular formula is C24H23N3O4. The highest BCUT2D eigenvalue weighted by Gasteiger charge is 2.15. The van der Waals surface area contributed by atoms with Gasteiger partial charge in [0.1, 0.15) is 0 Å². The summed E-state index contributed by atoms with van der Waals surface area (Å²) in [5, 5.41) is 6.80. The minimum absolute atomic E-state index is 0.290. The largest absolute Gasteiger partial charge is 0.493 e. The molecule has 3 aromatic rings. The van der Waals surface area contributed by atoms with E-state index in [1.165, 1.54) is 14.2 Å². The average Bonchev–Trinajstić information content (AvgIpc) is 2.80. The fourth-order valence-corrected chi connectivity index (χ4v) is 2.91. The predicted molar refractivity (Wildman–Crippen MR) is 120 cm³/mol. The molecule has 2 N–H and O–H groups in total. The number of nitrogens with zero attached hydrogens (tertiary/aromatic N) is 1. The lowest BCUT2D eigenvalue weighted by molar-refractivity contribution is 0.0956. The minimum Gasteiger partial charge on any atom is -0.493 e. The number of nitrogens with one attached hydrogen (secondary N) is 2. The number of ether oxygens (including phenoxy) is 2. The zero-order valence-electron chi connectivity index (χ0n) is 17.5. The quantitative estimate of drug-likeness (QED) is 0.449. The molecule has 158 valence electrons. The number of benzene rings is 3. The van der Waals surface area contributed by atoms with Crippen LogP contribution in [-0.2, 0) is 0 Å². The summed E-state index contributed by atoms with van der Waals surface area (Å²) < 4.78 is 10.4. The number of para-hydroxylation sites is 1. The van der Waals surface area contributed by atoms with Crippen molar-refractivity contribution >= 4 is 23.7 Å². The molecule has 0 aliphatic heterocycles. The van der Waals surface area contributed by atoms with E-state index in [0.717, 1.165) is 11.1 Å². The van der Waals surface area contributed by atoms with Gasteiger partial charge in [0.25, 0.3) is 11.8 Å². The molecular weight excluding hydrogens is 394 g/mol. The van der Waals surface area contributed by atoms with E-state index in [1.807, 2.05) is 31.2 Å². The first-order chi connectivity index (χ1) is 15.0. The van der Waals surface area contributed by atoms with E-state index in [9.17, 15) is 9.59 Å². The van der Waals surface area contributed by atoms with Crippen molar-refractivity contribution < 1.29 is 19.1 Å². The number of aryl methyl sites for hydroxylation is 1. The molecule has 0 atom stereocenters. The molecule has 0 heterocycles. The van der Waals surface area contributed by atoms with Gasteiger partial charge in [0.2, 0.25) is 0 Å². The summed E-state index contributed by atoms with van der Waals surface area (Å²) in [5.74, 6) is 0.134. The van der Waals surface area contributed by atoms with Crippen LogP contribution >= 0.6 is 0 Å². The molecule has 0 bridgehead atoms. The van der Waals surface area contributed by atoms with Gasteiger partial charge in [-0.05, 0) is 48.4 Å². The lowest BCUT2D eigenvalue weighted by Crippen LogP contribution is -2.21. The summed E-state index contributed by atoms with van der Waals surface area (Å²) in [7, 11) is 3.02. The maximum atomic E-state index is 12.7. The molecule has 0 saturated carbocycles. The summed E-state index contributed by atoms with van der Waals surface area (Å²) in [6.45, 7) is 1.96. The number of carbonyl (C=O) groups is 2. The summed E-state index contributed by atoms with van der Waals surface area (Å²) in [6, 6.07) is 19.2. The third kappa shape index (κ3) is 5.27. The highest BCUT2D eigenvalue weighted by molar-refractivity contribution is 6.09. The molecule has 0 unspecified atom stereocenters. The Kier molecular flexibility index (Phi) is 7.01. The number of methoxy groups -OCH3 is 2. The Balaban J connectivity index is 1.75. The van der Waals surface area contributed by atoms with Crippen molar-refractivity contribution in [3.8, 4) is 11.5 Å². The van der Waals surface area contributed by atoms with Crippen LogP contribution in [0.1, 0.15) is 31.8 Å². The van der Waals surface area contributed by atoms with Gasteiger partial charge in [-0.3, -0.25) is 9.59 Å². The Labute approximate surface area is 180 Å². The standard InChI is InChI=1S/C24H23N3O4/c1-16-8-4-5-9-18(16)15-25-27-24(29)19-10-6-7-11-20(19)26-23(28)17-12-13-21(30-2)22(14-17)31-3/h4-15H,1-3H3,(H,26,28)(H,27,29). The summed E-state index contributed by atoms with van der Waals surface area (Å²) in [4.78, 5) is 25.4. The third-order valence-electron chi connectivity index (χ3n) is 4.62. The Bertz CT molecular complexity index is 1130. The van der Waals surface area contributed by atoms with E-state index in [1.54, 1.807) is 48.7 Å². The lowest BCUT2D eigenvalue weighted by Gasteiger charge is -2.12. The molecule has 7 heteroatoms. The summed E-state index contributed by atoms with van der Waals surface area (Å²) in [5.41, 5.74) is 5.47. The zero-order valence-corrected chi connectivity index (χ0v) is 17.5. The Morgan fingerprint density at radius 3 is 2.32 bits per heavy atom. The number of hydrogen-bond acceptors (Lipinski definition) is 5. The summed E-state index contributed by atoms with van der Waals surface area (Å²) in [6.07, 6.45) is 1.58. The topological polar surface area (TPSA) is 89.0 Å². The van der Waals surface area contributed by atoms with Gasteiger partial charge in [0, 0.05) is 5.56 Å². The molecule has 7 nitrogen and oxygen atoms in total. The molecule has 0 spiro atoms. The van der Waals surface area contributed by atoms with Crippen molar-refractivity contribution in [1.29, 1.82) is 0 Å². The predicted octanol–water partition coefficient (Wildman–Crippen LogP) is 4.03. The van der Waals surface area contributed by atoms with Crippen molar-refractivity contribution in [2.75, 3.05) is 19.5 Å². The van der Waals surface area contributed by atoms with Crippen molar-refractivity contribution in [3.05, 3.63) is 89.0 Å². The van der Waals surface area contributed by atoms with E-state index in [-0.39, 0.29) is 5.91 Å². The Morgan fingerprint density at radius 1 is 0.871 bits per heavy atom. The molecule has 0 aromatic heterocycles. The second-order valence-corrected chi connectivity index (χ2v) is 6.63. The van der Waals surface area contributed by atoms with Gasteiger partial charge in [0.05, 0.1) is 31.7 Å². The first-order valence-corrected chi connectivity index (χ1v) is 9.55. The highest BCUT2D eigenvalue weighted by Crippen LogP contribution is 2.28. The van der Waals surface area contributed by atoms with Crippen molar-refractivity contribution in [2.24, 2.45) is 5.10 Å². The highest BCUT2D eigenvalue weighted by atomic mass is 16.5. The third-order valence-corrected chi connectivity index (χ3v) is 4.62. The van der Waals surface area contributed by atoms with Crippen LogP contribution in [-0.4, -0.2) is 32.2 Å². The van der Waals surface area contributed by atoms with Crippen LogP contribution in [0.4, 0.5) is 5.69 Å². The molecule has 2 amide bonds. The van der Waals surface area contributed by atoms with Gasteiger partial charge < -0.3 is 14.8 Å². The number of hydrazone groups is 1. The van der Waals surface area contributed by atoms with Gasteiger partial charge in [0.15, 0.2) is 11.5 Å². The van der Waals surface area contributed by atoms with E-state index in [2.05, 4.69) is 15.8 Å². The van der Waals surface area contributed by atoms with Crippen molar-refractivity contribution in [3.63, 3.8) is 0 Å². The normalized spacial score (nSPS) is 10.5. The van der Waals surface area contributed by atoms with Crippen LogP contribution < -0.4 is 20.2 Å². The van der Waals surface area contributed by atoms with Crippen LogP contribution in [0.15, 0.2) is 71.8 Å². The number of rotatable bonds is 7. The Hall–Kier alpha value is -4.13. The number of anilines is 1. The van der Waals surface area contributed by atoms with Crippen LogP contribution in [0, 0.1) is 6.92 Å². The number of hydrogen-bond donors (Lipinski definition) is 2. The number of carbonyl (C=O) groups excluding carboxylic acids is 2. The van der Waals surface area contributed by atoms with E-state index >= 15 is 0 Å². The second-order valence-electron chi connectivity index (χ2n) is 6.63. The number of amides is 2. The van der Waals surface area contributed by atoms with Gasteiger partial charge in [-0.2, -0.15) is 5.10 Å². The van der Waals surface area contributed by atoms with E-state index in [0.29, 0.717) is 28.3 Å². The van der Waals surface area contributed by atoms with Crippen molar-refractivity contribution in [2.45, 2.75) is 6.92 Å².